The topological polar surface area (TPSA) is 59.3 Å². The summed E-state index contributed by atoms with van der Waals surface area (Å²) in [6.45, 7) is 5.95. The third-order valence-electron chi connectivity index (χ3n) is 3.23. The Balaban J connectivity index is 2.15. The van der Waals surface area contributed by atoms with Crippen molar-refractivity contribution in [2.75, 3.05) is 0 Å². The van der Waals surface area contributed by atoms with Crippen molar-refractivity contribution in [2.45, 2.75) is 26.2 Å². The smallest absolute Gasteiger partial charge is 0.286 e. The summed E-state index contributed by atoms with van der Waals surface area (Å²) < 4.78 is 13.5. The van der Waals surface area contributed by atoms with Gasteiger partial charge in [0.25, 0.3) is 0 Å². The molecule has 0 saturated carbocycles. The maximum atomic E-state index is 13.5. The fourth-order valence-corrected chi connectivity index (χ4v) is 2.08. The second-order valence-electron chi connectivity index (χ2n) is 6.00. The lowest BCUT2D eigenvalue weighted by Gasteiger charge is -2.21. The first-order valence-corrected chi connectivity index (χ1v) is 7.01. The first-order valence-electron chi connectivity index (χ1n) is 7.01. The number of nitriles is 1. The molecule has 23 heavy (non-hydrogen) atoms. The standard InChI is InChI=1S/C18H16FNO3/c1-18(2,3)15-7-5-4-6-14(15)17(21)23-22-13-9-8-12(11-20)16(19)10-13/h4-10H,1-3H3. The summed E-state index contributed by atoms with van der Waals surface area (Å²) >= 11 is 0. The van der Waals surface area contributed by atoms with Crippen molar-refractivity contribution >= 4 is 5.97 Å². The van der Waals surface area contributed by atoms with Crippen molar-refractivity contribution in [3.8, 4) is 11.8 Å². The third kappa shape index (κ3) is 3.86. The monoisotopic (exact) mass is 313 g/mol. The van der Waals surface area contributed by atoms with E-state index in [1.165, 1.54) is 12.1 Å². The summed E-state index contributed by atoms with van der Waals surface area (Å²) in [5.74, 6) is -1.40. The average Bonchev–Trinajstić information content (AvgIpc) is 2.52. The first kappa shape index (κ1) is 16.5. The van der Waals surface area contributed by atoms with Crippen LogP contribution in [0.5, 0.6) is 5.75 Å². The molecule has 0 aliphatic rings. The van der Waals surface area contributed by atoms with Crippen molar-refractivity contribution in [2.24, 2.45) is 0 Å². The number of rotatable bonds is 3. The Bertz CT molecular complexity index is 773. The molecule has 0 amide bonds. The van der Waals surface area contributed by atoms with E-state index in [4.69, 9.17) is 15.0 Å². The lowest BCUT2D eigenvalue weighted by Crippen LogP contribution is -2.19. The SMILES string of the molecule is CC(C)(C)c1ccccc1C(=O)OOc1ccc(C#N)c(F)c1. The van der Waals surface area contributed by atoms with Gasteiger partial charge in [-0.3, -0.25) is 4.89 Å². The second-order valence-corrected chi connectivity index (χ2v) is 6.00. The summed E-state index contributed by atoms with van der Waals surface area (Å²) in [6.07, 6.45) is 0. The maximum absolute atomic E-state index is 13.5. The van der Waals surface area contributed by atoms with E-state index in [2.05, 4.69) is 0 Å². The van der Waals surface area contributed by atoms with Gasteiger partial charge in [-0.05, 0) is 29.2 Å². The van der Waals surface area contributed by atoms with Crippen LogP contribution < -0.4 is 4.89 Å². The zero-order valence-corrected chi connectivity index (χ0v) is 13.1. The van der Waals surface area contributed by atoms with Gasteiger partial charge in [-0.25, -0.2) is 14.1 Å². The molecular weight excluding hydrogens is 297 g/mol. The molecule has 2 aromatic carbocycles. The van der Waals surface area contributed by atoms with Crippen molar-refractivity contribution in [3.05, 3.63) is 65.0 Å². The number of carbonyl (C=O) groups excluding carboxylic acids is 1. The van der Waals surface area contributed by atoms with Crippen LogP contribution in [0.4, 0.5) is 4.39 Å². The van der Waals surface area contributed by atoms with Gasteiger partial charge in [0.2, 0.25) is 0 Å². The van der Waals surface area contributed by atoms with E-state index in [0.717, 1.165) is 11.6 Å². The summed E-state index contributed by atoms with van der Waals surface area (Å²) in [7, 11) is 0. The highest BCUT2D eigenvalue weighted by atomic mass is 19.1. The number of benzene rings is 2. The zero-order valence-electron chi connectivity index (χ0n) is 13.1. The summed E-state index contributed by atoms with van der Waals surface area (Å²) in [5.41, 5.74) is 0.853. The Hall–Kier alpha value is -2.87. The van der Waals surface area contributed by atoms with Gasteiger partial charge in [0, 0.05) is 6.07 Å². The summed E-state index contributed by atoms with van der Waals surface area (Å²) in [4.78, 5) is 21.9. The predicted molar refractivity (Wildman–Crippen MR) is 82.3 cm³/mol. The quantitative estimate of drug-likeness (QED) is 0.631. The van der Waals surface area contributed by atoms with Gasteiger partial charge < -0.3 is 0 Å². The molecule has 118 valence electrons. The van der Waals surface area contributed by atoms with Gasteiger partial charge >= 0.3 is 5.97 Å². The van der Waals surface area contributed by atoms with Crippen LogP contribution >= 0.6 is 0 Å². The van der Waals surface area contributed by atoms with Crippen LogP contribution in [0.3, 0.4) is 0 Å². The Morgan fingerprint density at radius 3 is 2.48 bits per heavy atom. The normalized spacial score (nSPS) is 10.7. The predicted octanol–water partition coefficient (Wildman–Crippen LogP) is 4.15. The van der Waals surface area contributed by atoms with Crippen LogP contribution in [0.1, 0.15) is 42.3 Å². The molecule has 0 aromatic heterocycles. The Labute approximate surface area is 134 Å². The van der Waals surface area contributed by atoms with E-state index in [1.807, 2.05) is 32.9 Å². The van der Waals surface area contributed by atoms with Crippen molar-refractivity contribution in [1.82, 2.24) is 0 Å². The number of halogens is 1. The van der Waals surface area contributed by atoms with E-state index in [0.29, 0.717) is 5.56 Å². The fraction of sp³-hybridized carbons (Fsp3) is 0.222. The highest BCUT2D eigenvalue weighted by Gasteiger charge is 2.23. The molecule has 5 heteroatoms. The number of hydrogen-bond donors (Lipinski definition) is 0. The first-order chi connectivity index (χ1) is 10.8. The molecule has 0 N–H and O–H groups in total. The van der Waals surface area contributed by atoms with Gasteiger partial charge in [0.15, 0.2) is 5.75 Å². The number of nitrogens with zero attached hydrogens (tertiary/aromatic N) is 1. The Morgan fingerprint density at radius 1 is 1.17 bits per heavy atom. The van der Waals surface area contributed by atoms with Crippen LogP contribution in [0.15, 0.2) is 42.5 Å². The number of carbonyl (C=O) groups is 1. The average molecular weight is 313 g/mol. The van der Waals surface area contributed by atoms with Gasteiger partial charge in [-0.1, -0.05) is 39.0 Å². The molecule has 0 unspecified atom stereocenters. The van der Waals surface area contributed by atoms with E-state index in [1.54, 1.807) is 18.2 Å². The third-order valence-corrected chi connectivity index (χ3v) is 3.23. The Morgan fingerprint density at radius 2 is 1.87 bits per heavy atom. The van der Waals surface area contributed by atoms with Crippen LogP contribution in [0, 0.1) is 17.1 Å². The lowest BCUT2D eigenvalue weighted by atomic mass is 9.84. The second kappa shape index (κ2) is 6.49. The molecule has 0 fully saturated rings. The lowest BCUT2D eigenvalue weighted by molar-refractivity contribution is -0.149. The van der Waals surface area contributed by atoms with Crippen LogP contribution in [-0.2, 0) is 10.3 Å². The molecular formula is C18H16FNO3. The maximum Gasteiger partial charge on any atom is 0.386 e. The molecule has 0 atom stereocenters. The molecule has 2 aromatic rings. The van der Waals surface area contributed by atoms with Crippen LogP contribution in [0.25, 0.3) is 0 Å². The molecule has 0 radical (unpaired) electrons. The van der Waals surface area contributed by atoms with Crippen molar-refractivity contribution in [1.29, 1.82) is 5.26 Å². The van der Waals surface area contributed by atoms with Gasteiger partial charge in [0.05, 0.1) is 11.1 Å². The van der Waals surface area contributed by atoms with E-state index < -0.39 is 11.8 Å². The summed E-state index contributed by atoms with van der Waals surface area (Å²) in [5, 5.41) is 8.67. The molecule has 0 saturated heterocycles. The van der Waals surface area contributed by atoms with E-state index in [-0.39, 0.29) is 16.7 Å². The van der Waals surface area contributed by atoms with Gasteiger partial charge in [-0.2, -0.15) is 5.26 Å². The zero-order chi connectivity index (χ0) is 17.0. The molecule has 0 bridgehead atoms. The Kier molecular flexibility index (Phi) is 4.65. The van der Waals surface area contributed by atoms with Gasteiger partial charge in [-0.15, -0.1) is 0 Å². The number of hydrogen-bond acceptors (Lipinski definition) is 4. The molecule has 0 heterocycles. The van der Waals surface area contributed by atoms with Crippen LogP contribution in [-0.4, -0.2) is 5.97 Å². The molecule has 0 aliphatic carbocycles. The van der Waals surface area contributed by atoms with Crippen molar-refractivity contribution in [3.63, 3.8) is 0 Å². The molecule has 0 spiro atoms. The van der Waals surface area contributed by atoms with Gasteiger partial charge in [0.1, 0.15) is 11.9 Å². The molecule has 2 rings (SSSR count). The van der Waals surface area contributed by atoms with E-state index >= 15 is 0 Å². The minimum Gasteiger partial charge on any atom is -0.286 e. The fourth-order valence-electron chi connectivity index (χ4n) is 2.08. The van der Waals surface area contributed by atoms with Crippen LogP contribution in [0.2, 0.25) is 0 Å². The highest BCUT2D eigenvalue weighted by Crippen LogP contribution is 2.26. The minimum absolute atomic E-state index is 0.00286. The van der Waals surface area contributed by atoms with Crippen molar-refractivity contribution < 1.29 is 19.0 Å². The van der Waals surface area contributed by atoms with E-state index in [9.17, 15) is 9.18 Å². The molecule has 0 aliphatic heterocycles. The largest absolute Gasteiger partial charge is 0.386 e. The summed E-state index contributed by atoms with van der Waals surface area (Å²) in [6, 6.07) is 12.4. The minimum atomic E-state index is -0.740. The molecule has 4 nitrogen and oxygen atoms in total. The highest BCUT2D eigenvalue weighted by molar-refractivity contribution is 5.91.